The third-order valence-corrected chi connectivity index (χ3v) is 6.47. The van der Waals surface area contributed by atoms with Crippen molar-refractivity contribution in [3.05, 3.63) is 59.0 Å². The fourth-order valence-corrected chi connectivity index (χ4v) is 4.38. The molecule has 0 saturated carbocycles. The van der Waals surface area contributed by atoms with Crippen molar-refractivity contribution in [2.45, 2.75) is 13.5 Å². The van der Waals surface area contributed by atoms with Gasteiger partial charge >= 0.3 is 0 Å². The van der Waals surface area contributed by atoms with Gasteiger partial charge < -0.3 is 10.3 Å². The van der Waals surface area contributed by atoms with Gasteiger partial charge in [0.2, 0.25) is 5.91 Å². The first-order chi connectivity index (χ1) is 16.7. The quantitative estimate of drug-likeness (QED) is 0.388. The summed E-state index contributed by atoms with van der Waals surface area (Å²) in [7, 11) is 5.22. The summed E-state index contributed by atoms with van der Waals surface area (Å²) < 4.78 is 3.57. The Morgan fingerprint density at radius 2 is 1.80 bits per heavy atom. The van der Waals surface area contributed by atoms with Crippen molar-refractivity contribution in [2.75, 3.05) is 12.8 Å². The number of hydrazine groups is 1. The van der Waals surface area contributed by atoms with E-state index in [1.807, 2.05) is 30.8 Å². The predicted octanol–water partition coefficient (Wildman–Crippen LogP) is 3.28. The fourth-order valence-electron chi connectivity index (χ4n) is 4.21. The van der Waals surface area contributed by atoms with Crippen LogP contribution in [0.15, 0.2) is 42.6 Å². The van der Waals surface area contributed by atoms with Gasteiger partial charge in [0, 0.05) is 44.0 Å². The number of hydrogen-bond donors (Lipinski definition) is 1. The summed E-state index contributed by atoms with van der Waals surface area (Å²) in [6.45, 7) is 1.48. The van der Waals surface area contributed by atoms with Crippen LogP contribution in [0.1, 0.15) is 23.1 Å². The molecule has 10 nitrogen and oxygen atoms in total. The van der Waals surface area contributed by atoms with Crippen LogP contribution in [0.5, 0.6) is 0 Å². The van der Waals surface area contributed by atoms with Crippen LogP contribution in [-0.4, -0.2) is 53.2 Å². The standard InChI is InChI=1S/C24H23ClN8O2/c1-13(34)32(4)33(12-21-28-19-8-6-15(25)10-20(19)30(21)2)24(35)14-5-7-18-16(9-14)22-17(23(26)29-18)11-27-31(22)3/h5-11H,12H2,1-4H3,(H2,26,29). The summed E-state index contributed by atoms with van der Waals surface area (Å²) in [5, 5.41) is 8.99. The maximum atomic E-state index is 13.8. The molecule has 0 fully saturated rings. The SMILES string of the molecule is CC(=O)N(C)N(Cc1nc2ccc(Cl)cc2n1C)C(=O)c1ccc2nc(N)c3cnn(C)c3c2c1. The number of pyridine rings is 1. The Morgan fingerprint density at radius 3 is 2.54 bits per heavy atom. The lowest BCUT2D eigenvalue weighted by atomic mass is 10.1. The number of benzene rings is 2. The molecule has 178 valence electrons. The topological polar surface area (TPSA) is 115 Å². The van der Waals surface area contributed by atoms with Gasteiger partial charge in [-0.15, -0.1) is 0 Å². The van der Waals surface area contributed by atoms with Gasteiger partial charge in [-0.1, -0.05) is 11.6 Å². The lowest BCUT2D eigenvalue weighted by Crippen LogP contribution is -2.46. The first-order valence-electron chi connectivity index (χ1n) is 10.8. The predicted molar refractivity (Wildman–Crippen MR) is 134 cm³/mol. The minimum Gasteiger partial charge on any atom is -0.383 e. The zero-order valence-electron chi connectivity index (χ0n) is 19.7. The molecule has 3 heterocycles. The van der Waals surface area contributed by atoms with Gasteiger partial charge in [-0.05, 0) is 36.4 Å². The number of hydrogen-bond acceptors (Lipinski definition) is 6. The maximum absolute atomic E-state index is 13.8. The molecule has 0 aliphatic carbocycles. The highest BCUT2D eigenvalue weighted by Gasteiger charge is 2.25. The van der Waals surface area contributed by atoms with Crippen LogP contribution in [0.25, 0.3) is 32.8 Å². The van der Waals surface area contributed by atoms with E-state index in [0.717, 1.165) is 21.9 Å². The number of anilines is 1. The fraction of sp³-hybridized carbons (Fsp3) is 0.208. The third-order valence-electron chi connectivity index (χ3n) is 6.23. The van der Waals surface area contributed by atoms with Gasteiger partial charge in [0.15, 0.2) is 0 Å². The number of rotatable bonds is 3. The molecule has 2 aromatic carbocycles. The van der Waals surface area contributed by atoms with Crippen LogP contribution in [-0.2, 0) is 25.4 Å². The number of carbonyl (C=O) groups is 2. The molecular formula is C24H23ClN8O2. The van der Waals surface area contributed by atoms with Crippen LogP contribution in [0.4, 0.5) is 5.82 Å². The number of nitrogens with two attached hydrogens (primary N) is 1. The van der Waals surface area contributed by atoms with E-state index in [4.69, 9.17) is 17.3 Å². The first-order valence-corrected chi connectivity index (χ1v) is 11.2. The monoisotopic (exact) mass is 490 g/mol. The van der Waals surface area contributed by atoms with E-state index in [1.165, 1.54) is 16.9 Å². The number of halogens is 1. The number of nitrogens with zero attached hydrogens (tertiary/aromatic N) is 7. The molecule has 5 rings (SSSR count). The number of aromatic nitrogens is 5. The zero-order chi connectivity index (χ0) is 25.0. The molecule has 0 bridgehead atoms. The van der Waals surface area contributed by atoms with E-state index < -0.39 is 0 Å². The molecule has 0 aliphatic heterocycles. The Bertz CT molecular complexity index is 1650. The van der Waals surface area contributed by atoms with Crippen molar-refractivity contribution in [3.8, 4) is 0 Å². The van der Waals surface area contributed by atoms with E-state index >= 15 is 0 Å². The largest absolute Gasteiger partial charge is 0.383 e. The van der Waals surface area contributed by atoms with Gasteiger partial charge in [0.25, 0.3) is 5.91 Å². The molecule has 0 unspecified atom stereocenters. The van der Waals surface area contributed by atoms with E-state index in [-0.39, 0.29) is 18.4 Å². The van der Waals surface area contributed by atoms with E-state index in [2.05, 4.69) is 15.1 Å². The van der Waals surface area contributed by atoms with E-state index in [0.29, 0.717) is 33.1 Å². The molecule has 0 atom stereocenters. The molecule has 11 heteroatoms. The van der Waals surface area contributed by atoms with Crippen LogP contribution in [0.2, 0.25) is 5.02 Å². The molecule has 2 amide bonds. The smallest absolute Gasteiger partial charge is 0.272 e. The average molecular weight is 491 g/mol. The van der Waals surface area contributed by atoms with Crippen molar-refractivity contribution in [1.29, 1.82) is 0 Å². The van der Waals surface area contributed by atoms with Crippen LogP contribution in [0.3, 0.4) is 0 Å². The van der Waals surface area contributed by atoms with Crippen LogP contribution < -0.4 is 5.73 Å². The number of nitrogen functional groups attached to an aromatic ring is 1. The number of amides is 2. The van der Waals surface area contributed by atoms with Gasteiger partial charge in [-0.25, -0.2) is 15.0 Å². The molecule has 2 N–H and O–H groups in total. The van der Waals surface area contributed by atoms with Crippen LogP contribution in [0, 0.1) is 0 Å². The number of carbonyl (C=O) groups excluding carboxylic acids is 2. The summed E-state index contributed by atoms with van der Waals surface area (Å²) >= 11 is 6.15. The van der Waals surface area contributed by atoms with Gasteiger partial charge in [-0.3, -0.25) is 19.3 Å². The van der Waals surface area contributed by atoms with Crippen molar-refractivity contribution < 1.29 is 9.59 Å². The highest BCUT2D eigenvalue weighted by molar-refractivity contribution is 6.31. The van der Waals surface area contributed by atoms with Crippen molar-refractivity contribution >= 4 is 62.1 Å². The minimum absolute atomic E-state index is 0.0802. The highest BCUT2D eigenvalue weighted by atomic mass is 35.5. The van der Waals surface area contributed by atoms with Gasteiger partial charge in [0.1, 0.15) is 18.2 Å². The summed E-state index contributed by atoms with van der Waals surface area (Å²) in [5.74, 6) is 0.332. The van der Waals surface area contributed by atoms with Crippen molar-refractivity contribution in [1.82, 2.24) is 34.3 Å². The molecule has 3 aromatic heterocycles. The minimum atomic E-state index is -0.359. The second-order valence-corrected chi connectivity index (χ2v) is 8.82. The molecule has 0 saturated heterocycles. The lowest BCUT2D eigenvalue weighted by molar-refractivity contribution is -0.140. The summed E-state index contributed by atoms with van der Waals surface area (Å²) in [6, 6.07) is 10.6. The van der Waals surface area contributed by atoms with E-state index in [9.17, 15) is 9.59 Å². The summed E-state index contributed by atoms with van der Waals surface area (Å²) in [4.78, 5) is 35.2. The maximum Gasteiger partial charge on any atom is 0.272 e. The van der Waals surface area contributed by atoms with Crippen molar-refractivity contribution in [3.63, 3.8) is 0 Å². The zero-order valence-corrected chi connectivity index (χ0v) is 20.4. The summed E-state index contributed by atoms with van der Waals surface area (Å²) in [6.07, 6.45) is 1.65. The number of aryl methyl sites for hydroxylation is 2. The Kier molecular flexibility index (Phi) is 5.32. The lowest BCUT2D eigenvalue weighted by Gasteiger charge is -2.31. The summed E-state index contributed by atoms with van der Waals surface area (Å²) in [5.41, 5.74) is 9.49. The number of fused-ring (bicyclic) bond motifs is 4. The second kappa shape index (κ2) is 8.24. The molecular weight excluding hydrogens is 468 g/mol. The molecule has 0 spiro atoms. The molecule has 35 heavy (non-hydrogen) atoms. The van der Waals surface area contributed by atoms with Crippen molar-refractivity contribution in [2.24, 2.45) is 14.1 Å². The Labute approximate surface area is 205 Å². The highest BCUT2D eigenvalue weighted by Crippen LogP contribution is 2.29. The van der Waals surface area contributed by atoms with Gasteiger partial charge in [-0.2, -0.15) is 5.10 Å². The van der Waals surface area contributed by atoms with Gasteiger partial charge in [0.05, 0.1) is 33.6 Å². The van der Waals surface area contributed by atoms with Crippen LogP contribution >= 0.6 is 11.6 Å². The molecule has 0 aliphatic rings. The Morgan fingerprint density at radius 1 is 1.06 bits per heavy atom. The normalized spacial score (nSPS) is 11.5. The Balaban J connectivity index is 1.60. The third kappa shape index (κ3) is 3.71. The average Bonchev–Trinajstić information content (AvgIpc) is 3.37. The number of imidazole rings is 1. The molecule has 5 aromatic rings. The Hall–Kier alpha value is -4.18. The van der Waals surface area contributed by atoms with E-state index in [1.54, 1.807) is 42.2 Å². The second-order valence-electron chi connectivity index (χ2n) is 8.38. The molecule has 0 radical (unpaired) electrons. The first kappa shape index (κ1) is 22.6.